The highest BCUT2D eigenvalue weighted by Gasteiger charge is 2.33. The highest BCUT2D eigenvalue weighted by atomic mass is 19.2. The Hall–Kier alpha value is -2.09. The Kier molecular flexibility index (Phi) is 4.46. The van der Waals surface area contributed by atoms with Crippen LogP contribution in [0.25, 0.3) is 0 Å². The summed E-state index contributed by atoms with van der Waals surface area (Å²) >= 11 is 0. The number of halogens is 3. The molecule has 1 aromatic rings. The summed E-state index contributed by atoms with van der Waals surface area (Å²) in [5.41, 5.74) is -0.359. The van der Waals surface area contributed by atoms with Crippen LogP contribution in [0.1, 0.15) is 10.4 Å². The lowest BCUT2D eigenvalue weighted by Gasteiger charge is -2.34. The Morgan fingerprint density at radius 3 is 2.48 bits per heavy atom. The molecule has 1 atom stereocenters. The highest BCUT2D eigenvalue weighted by Crippen LogP contribution is 2.18. The third-order valence-electron chi connectivity index (χ3n) is 3.17. The van der Waals surface area contributed by atoms with Crippen molar-refractivity contribution in [2.75, 3.05) is 26.8 Å². The van der Waals surface area contributed by atoms with E-state index >= 15 is 0 Å². The first-order valence-corrected chi connectivity index (χ1v) is 6.20. The molecule has 114 valence electrons. The third-order valence-corrected chi connectivity index (χ3v) is 3.17. The summed E-state index contributed by atoms with van der Waals surface area (Å²) in [5.74, 6) is -5.77. The predicted molar refractivity (Wildman–Crippen MR) is 66.0 cm³/mol. The number of rotatable bonds is 2. The molecule has 0 radical (unpaired) electrons. The van der Waals surface area contributed by atoms with Crippen molar-refractivity contribution < 1.29 is 27.5 Å². The van der Waals surface area contributed by atoms with Gasteiger partial charge in [0.2, 0.25) is 5.91 Å². The van der Waals surface area contributed by atoms with E-state index < -0.39 is 35.3 Å². The number of morpholine rings is 1. The predicted octanol–water partition coefficient (Wildman–Crippen LogP) is 0.691. The molecule has 0 bridgehead atoms. The first kappa shape index (κ1) is 15.3. The van der Waals surface area contributed by atoms with Crippen LogP contribution in [-0.4, -0.2) is 49.6 Å². The van der Waals surface area contributed by atoms with Gasteiger partial charge in [-0.15, -0.1) is 0 Å². The Morgan fingerprint density at radius 1 is 1.29 bits per heavy atom. The zero-order chi connectivity index (χ0) is 15.6. The van der Waals surface area contributed by atoms with E-state index in [-0.39, 0.29) is 25.3 Å². The normalized spacial score (nSPS) is 18.5. The molecule has 1 aliphatic heterocycles. The van der Waals surface area contributed by atoms with Gasteiger partial charge in [-0.25, -0.2) is 13.2 Å². The van der Waals surface area contributed by atoms with Crippen LogP contribution in [0.2, 0.25) is 0 Å². The minimum absolute atomic E-state index is 0.0163. The summed E-state index contributed by atoms with van der Waals surface area (Å²) in [6.45, 7) is 0.278. The van der Waals surface area contributed by atoms with Gasteiger partial charge in [-0.2, -0.15) is 0 Å². The number of ether oxygens (including phenoxy) is 1. The van der Waals surface area contributed by atoms with Gasteiger partial charge in [0.25, 0.3) is 5.91 Å². The van der Waals surface area contributed by atoms with Crippen molar-refractivity contribution in [2.24, 2.45) is 0 Å². The number of hydrogen-bond donors (Lipinski definition) is 1. The molecule has 0 aliphatic carbocycles. The number of likely N-dealkylation sites (N-methyl/N-ethyl adjacent to an activating group) is 1. The lowest BCUT2D eigenvalue weighted by Crippen LogP contribution is -2.55. The maximum atomic E-state index is 13.2. The molecule has 1 fully saturated rings. The van der Waals surface area contributed by atoms with E-state index in [0.717, 1.165) is 4.90 Å². The summed E-state index contributed by atoms with van der Waals surface area (Å²) in [6, 6.07) is 0.321. The maximum Gasteiger partial charge on any atom is 0.254 e. The molecular weight excluding hydrogens is 289 g/mol. The van der Waals surface area contributed by atoms with Crippen LogP contribution >= 0.6 is 0 Å². The van der Waals surface area contributed by atoms with Crippen LogP contribution in [0.4, 0.5) is 13.2 Å². The zero-order valence-electron chi connectivity index (χ0n) is 11.2. The Labute approximate surface area is 118 Å². The van der Waals surface area contributed by atoms with Gasteiger partial charge < -0.3 is 15.0 Å². The monoisotopic (exact) mass is 302 g/mol. The molecule has 8 heteroatoms. The fourth-order valence-electron chi connectivity index (χ4n) is 2.08. The molecule has 1 aromatic carbocycles. The van der Waals surface area contributed by atoms with E-state index in [1.54, 1.807) is 0 Å². The second-order valence-corrected chi connectivity index (χ2v) is 4.46. The minimum atomic E-state index is -1.64. The van der Waals surface area contributed by atoms with Gasteiger partial charge >= 0.3 is 0 Å². The summed E-state index contributed by atoms with van der Waals surface area (Å²) in [6.07, 6.45) is 0. The molecule has 1 saturated heterocycles. The Morgan fingerprint density at radius 2 is 1.90 bits per heavy atom. The number of benzene rings is 1. The molecule has 2 amide bonds. The van der Waals surface area contributed by atoms with Gasteiger partial charge in [0.1, 0.15) is 6.04 Å². The van der Waals surface area contributed by atoms with Crippen LogP contribution in [0.15, 0.2) is 12.1 Å². The Balaban J connectivity index is 2.31. The lowest BCUT2D eigenvalue weighted by molar-refractivity contribution is -0.130. The van der Waals surface area contributed by atoms with Crippen LogP contribution in [0.3, 0.4) is 0 Å². The van der Waals surface area contributed by atoms with Gasteiger partial charge in [-0.3, -0.25) is 9.59 Å². The molecule has 1 N–H and O–H groups in total. The van der Waals surface area contributed by atoms with Gasteiger partial charge in [0.05, 0.1) is 13.2 Å². The number of carbonyl (C=O) groups is 2. The minimum Gasteiger partial charge on any atom is -0.377 e. The smallest absolute Gasteiger partial charge is 0.254 e. The zero-order valence-corrected chi connectivity index (χ0v) is 11.2. The number of nitrogens with zero attached hydrogens (tertiary/aromatic N) is 1. The number of hydrogen-bond acceptors (Lipinski definition) is 3. The molecule has 0 spiro atoms. The maximum absolute atomic E-state index is 13.2. The molecular formula is C13H13F3N2O3. The van der Waals surface area contributed by atoms with E-state index in [0.29, 0.717) is 12.1 Å². The van der Waals surface area contributed by atoms with E-state index in [1.165, 1.54) is 7.05 Å². The van der Waals surface area contributed by atoms with Crippen LogP contribution in [-0.2, 0) is 9.53 Å². The summed E-state index contributed by atoms with van der Waals surface area (Å²) in [5, 5.41) is 2.38. The summed E-state index contributed by atoms with van der Waals surface area (Å²) in [7, 11) is 1.40. The fraction of sp³-hybridized carbons (Fsp3) is 0.385. The molecule has 0 aromatic heterocycles. The van der Waals surface area contributed by atoms with E-state index in [4.69, 9.17) is 4.74 Å². The average Bonchev–Trinajstić information content (AvgIpc) is 2.50. The quantitative estimate of drug-likeness (QED) is 0.818. The number of amides is 2. The van der Waals surface area contributed by atoms with Crippen molar-refractivity contribution in [2.45, 2.75) is 6.04 Å². The molecule has 1 aliphatic rings. The molecule has 5 nitrogen and oxygen atoms in total. The topological polar surface area (TPSA) is 58.6 Å². The first-order chi connectivity index (χ1) is 9.95. The summed E-state index contributed by atoms with van der Waals surface area (Å²) < 4.78 is 44.4. The van der Waals surface area contributed by atoms with E-state index in [2.05, 4.69) is 5.32 Å². The summed E-state index contributed by atoms with van der Waals surface area (Å²) in [4.78, 5) is 25.1. The number of nitrogens with one attached hydrogen (secondary N) is 1. The van der Waals surface area contributed by atoms with Crippen molar-refractivity contribution in [3.63, 3.8) is 0 Å². The van der Waals surface area contributed by atoms with Crippen molar-refractivity contribution in [1.82, 2.24) is 10.2 Å². The third kappa shape index (κ3) is 2.99. The fourth-order valence-corrected chi connectivity index (χ4v) is 2.08. The van der Waals surface area contributed by atoms with E-state index in [9.17, 15) is 22.8 Å². The van der Waals surface area contributed by atoms with Gasteiger partial charge in [0.15, 0.2) is 17.5 Å². The van der Waals surface area contributed by atoms with Crippen molar-refractivity contribution >= 4 is 11.8 Å². The molecule has 0 saturated carbocycles. The van der Waals surface area contributed by atoms with Gasteiger partial charge in [-0.05, 0) is 12.1 Å². The Bertz CT molecular complexity index is 557. The molecule has 1 heterocycles. The van der Waals surface area contributed by atoms with Crippen molar-refractivity contribution in [3.8, 4) is 0 Å². The van der Waals surface area contributed by atoms with Gasteiger partial charge in [-0.1, -0.05) is 0 Å². The van der Waals surface area contributed by atoms with Crippen molar-refractivity contribution in [3.05, 3.63) is 35.1 Å². The van der Waals surface area contributed by atoms with E-state index in [1.807, 2.05) is 0 Å². The molecule has 2 rings (SSSR count). The second kappa shape index (κ2) is 6.13. The van der Waals surface area contributed by atoms with Crippen LogP contribution in [0, 0.1) is 17.5 Å². The first-order valence-electron chi connectivity index (χ1n) is 6.20. The number of carbonyl (C=O) groups excluding carboxylic acids is 2. The van der Waals surface area contributed by atoms with Crippen LogP contribution in [0.5, 0.6) is 0 Å². The highest BCUT2D eigenvalue weighted by molar-refractivity contribution is 5.97. The lowest BCUT2D eigenvalue weighted by atomic mass is 10.1. The molecule has 21 heavy (non-hydrogen) atoms. The van der Waals surface area contributed by atoms with Crippen LogP contribution < -0.4 is 5.32 Å². The average molecular weight is 302 g/mol. The van der Waals surface area contributed by atoms with Gasteiger partial charge in [0, 0.05) is 19.2 Å². The van der Waals surface area contributed by atoms with Crippen molar-refractivity contribution in [1.29, 1.82) is 0 Å². The second-order valence-electron chi connectivity index (χ2n) is 4.46. The SMILES string of the molecule is CNC(=O)C1COCCN1C(=O)c1cc(F)c(F)c(F)c1. The molecule has 1 unspecified atom stereocenters. The standard InChI is InChI=1S/C13H13F3N2O3/c1-17-12(19)10-6-21-3-2-18(10)13(20)7-4-8(14)11(16)9(15)5-7/h4-5,10H,2-3,6H2,1H3,(H,17,19). The largest absolute Gasteiger partial charge is 0.377 e.